The fourth-order valence-corrected chi connectivity index (χ4v) is 4.21. The van der Waals surface area contributed by atoms with E-state index in [1.165, 1.54) is 21.8 Å². The van der Waals surface area contributed by atoms with E-state index in [0.717, 1.165) is 14.9 Å². The lowest BCUT2D eigenvalue weighted by Gasteiger charge is -2.13. The first-order valence-electron chi connectivity index (χ1n) is 10.8. The predicted octanol–water partition coefficient (Wildman–Crippen LogP) is 1.82. The second kappa shape index (κ2) is 9.26. The Bertz CT molecular complexity index is 1490. The maximum atomic E-state index is 12.9. The smallest absolute Gasteiger partial charge is 0.264 e. The van der Waals surface area contributed by atoms with Crippen LogP contribution in [0.25, 0.3) is 11.0 Å². The highest BCUT2D eigenvalue weighted by Crippen LogP contribution is 2.21. The molecule has 5 rings (SSSR count). The Labute approximate surface area is 207 Å². The fourth-order valence-electron chi connectivity index (χ4n) is 3.94. The van der Waals surface area contributed by atoms with Crippen molar-refractivity contribution in [3.63, 3.8) is 0 Å². The Morgan fingerprint density at radius 1 is 0.971 bits per heavy atom. The number of carbonyl (C=O) groups excluding carboxylic acids is 3. The lowest BCUT2D eigenvalue weighted by molar-refractivity contribution is -0.121. The minimum absolute atomic E-state index is 0.183. The van der Waals surface area contributed by atoms with Crippen molar-refractivity contribution in [2.75, 3.05) is 13.1 Å². The van der Waals surface area contributed by atoms with Crippen LogP contribution >= 0.6 is 15.9 Å². The van der Waals surface area contributed by atoms with Crippen molar-refractivity contribution >= 4 is 44.7 Å². The van der Waals surface area contributed by atoms with Crippen LogP contribution in [0.15, 0.2) is 70.3 Å². The van der Waals surface area contributed by atoms with Gasteiger partial charge in [-0.3, -0.25) is 28.6 Å². The summed E-state index contributed by atoms with van der Waals surface area (Å²) in [5.41, 5.74) is 1.76. The van der Waals surface area contributed by atoms with E-state index in [-0.39, 0.29) is 25.2 Å². The zero-order valence-electron chi connectivity index (χ0n) is 18.3. The van der Waals surface area contributed by atoms with Gasteiger partial charge in [0, 0.05) is 11.0 Å². The van der Waals surface area contributed by atoms with Crippen molar-refractivity contribution in [1.29, 1.82) is 0 Å². The lowest BCUT2D eigenvalue weighted by atomic mass is 10.1. The van der Waals surface area contributed by atoms with Crippen LogP contribution < -0.4 is 10.9 Å². The minimum atomic E-state index is -0.484. The monoisotopic (exact) mass is 534 g/mol. The number of hydrogen-bond acceptors (Lipinski definition) is 6. The average molecular weight is 535 g/mol. The molecule has 3 amide bonds. The maximum absolute atomic E-state index is 12.9. The Morgan fingerprint density at radius 3 is 2.34 bits per heavy atom. The van der Waals surface area contributed by atoms with Gasteiger partial charge in [0.2, 0.25) is 5.91 Å². The van der Waals surface area contributed by atoms with Gasteiger partial charge >= 0.3 is 0 Å². The number of halogens is 1. The molecule has 11 heteroatoms. The van der Waals surface area contributed by atoms with Crippen molar-refractivity contribution in [1.82, 2.24) is 29.5 Å². The first kappa shape index (κ1) is 22.7. The van der Waals surface area contributed by atoms with Crippen LogP contribution in [0.1, 0.15) is 26.3 Å². The molecule has 0 atom stereocenters. The molecule has 0 aliphatic carbocycles. The number of aromatic nitrogens is 4. The van der Waals surface area contributed by atoms with Gasteiger partial charge in [0.05, 0.1) is 30.4 Å². The van der Waals surface area contributed by atoms with Crippen molar-refractivity contribution < 1.29 is 14.4 Å². The molecule has 35 heavy (non-hydrogen) atoms. The molecule has 10 nitrogen and oxygen atoms in total. The average Bonchev–Trinajstić information content (AvgIpc) is 3.37. The van der Waals surface area contributed by atoms with Gasteiger partial charge in [0.25, 0.3) is 17.4 Å². The third-order valence-electron chi connectivity index (χ3n) is 5.71. The van der Waals surface area contributed by atoms with Gasteiger partial charge in [-0.1, -0.05) is 40.2 Å². The molecule has 1 aliphatic heterocycles. The van der Waals surface area contributed by atoms with Crippen LogP contribution in [0.5, 0.6) is 0 Å². The van der Waals surface area contributed by atoms with E-state index < -0.39 is 17.7 Å². The topological polar surface area (TPSA) is 119 Å². The third-order valence-corrected chi connectivity index (χ3v) is 6.24. The van der Waals surface area contributed by atoms with Crippen LogP contribution in [0.3, 0.4) is 0 Å². The Balaban J connectivity index is 1.21. The number of amides is 3. The van der Waals surface area contributed by atoms with Crippen molar-refractivity contribution in [2.24, 2.45) is 0 Å². The second-order valence-corrected chi connectivity index (χ2v) is 8.92. The number of nitrogens with one attached hydrogen (secondary N) is 1. The van der Waals surface area contributed by atoms with Crippen molar-refractivity contribution in [3.05, 3.63) is 92.6 Å². The molecule has 2 aromatic heterocycles. The number of fused-ring (bicyclic) bond motifs is 2. The summed E-state index contributed by atoms with van der Waals surface area (Å²) in [6.45, 7) is 0.461. The van der Waals surface area contributed by atoms with Gasteiger partial charge in [0.15, 0.2) is 5.65 Å². The highest BCUT2D eigenvalue weighted by Gasteiger charge is 2.36. The van der Waals surface area contributed by atoms with E-state index in [1.807, 2.05) is 24.3 Å². The second-order valence-electron chi connectivity index (χ2n) is 8.00. The van der Waals surface area contributed by atoms with Crippen LogP contribution in [-0.4, -0.2) is 55.0 Å². The fraction of sp³-hybridized carbons (Fsp3) is 0.167. The Hall–Kier alpha value is -4.12. The van der Waals surface area contributed by atoms with E-state index in [1.54, 1.807) is 24.3 Å². The van der Waals surface area contributed by atoms with E-state index in [4.69, 9.17) is 0 Å². The quantitative estimate of drug-likeness (QED) is 0.361. The highest BCUT2D eigenvalue weighted by atomic mass is 79.9. The first-order valence-corrected chi connectivity index (χ1v) is 11.6. The third kappa shape index (κ3) is 4.37. The predicted molar refractivity (Wildman–Crippen MR) is 130 cm³/mol. The summed E-state index contributed by atoms with van der Waals surface area (Å²) in [7, 11) is 0. The first-order chi connectivity index (χ1) is 16.9. The molecular weight excluding hydrogens is 516 g/mol. The molecular formula is C24H19BrN6O4. The summed E-state index contributed by atoms with van der Waals surface area (Å²) in [6, 6.07) is 14.1. The molecule has 0 unspecified atom stereocenters. The number of nitrogens with zero attached hydrogens (tertiary/aromatic N) is 5. The molecule has 4 aromatic rings. The van der Waals surface area contributed by atoms with Gasteiger partial charge < -0.3 is 5.32 Å². The molecule has 0 spiro atoms. The van der Waals surface area contributed by atoms with Crippen LogP contribution in [0.4, 0.5) is 0 Å². The summed E-state index contributed by atoms with van der Waals surface area (Å²) in [5, 5.41) is 7.29. The number of benzene rings is 2. The van der Waals surface area contributed by atoms with Crippen LogP contribution in [-0.2, 0) is 17.9 Å². The van der Waals surface area contributed by atoms with Crippen LogP contribution in [0, 0.1) is 0 Å². The summed E-state index contributed by atoms with van der Waals surface area (Å²) < 4.78 is 4.00. The van der Waals surface area contributed by atoms with Gasteiger partial charge in [-0.05, 0) is 29.8 Å². The normalized spacial score (nSPS) is 12.9. The van der Waals surface area contributed by atoms with E-state index >= 15 is 0 Å². The molecule has 0 fully saturated rings. The number of imide groups is 1. The molecule has 1 N–H and O–H groups in total. The molecule has 176 valence electrons. The Kier molecular flexibility index (Phi) is 6.00. The van der Waals surface area contributed by atoms with E-state index in [0.29, 0.717) is 28.7 Å². The molecule has 1 aliphatic rings. The number of rotatable bonds is 7. The zero-order valence-corrected chi connectivity index (χ0v) is 19.9. The van der Waals surface area contributed by atoms with Gasteiger partial charge in [0.1, 0.15) is 18.3 Å². The summed E-state index contributed by atoms with van der Waals surface area (Å²) in [6.07, 6.45) is 2.94. The maximum Gasteiger partial charge on any atom is 0.264 e. The van der Waals surface area contributed by atoms with Crippen molar-refractivity contribution in [2.45, 2.75) is 13.1 Å². The lowest BCUT2D eigenvalue weighted by Crippen LogP contribution is -2.41. The summed E-state index contributed by atoms with van der Waals surface area (Å²) in [5.74, 6) is -1.44. The summed E-state index contributed by atoms with van der Waals surface area (Å²) >= 11 is 3.39. The minimum Gasteiger partial charge on any atom is -0.353 e. The Morgan fingerprint density at radius 2 is 1.66 bits per heavy atom. The van der Waals surface area contributed by atoms with Gasteiger partial charge in [-0.15, -0.1) is 0 Å². The highest BCUT2D eigenvalue weighted by molar-refractivity contribution is 9.10. The SMILES string of the molecule is O=C(CN1C(=O)c2ccccc2C1=O)NCCn1ncc2c(=O)n(Cc3ccc(Br)cc3)cnc21. The van der Waals surface area contributed by atoms with Crippen LogP contribution in [0.2, 0.25) is 0 Å². The zero-order chi connectivity index (χ0) is 24.5. The van der Waals surface area contributed by atoms with Gasteiger partial charge in [-0.2, -0.15) is 5.10 Å². The number of hydrogen-bond donors (Lipinski definition) is 1. The largest absolute Gasteiger partial charge is 0.353 e. The molecule has 0 saturated carbocycles. The van der Waals surface area contributed by atoms with E-state index in [9.17, 15) is 19.2 Å². The van der Waals surface area contributed by atoms with E-state index in [2.05, 4.69) is 31.3 Å². The molecule has 0 bridgehead atoms. The number of carbonyl (C=O) groups is 3. The molecule has 3 heterocycles. The standard InChI is InChI=1S/C24H19BrN6O4/c25-16-7-5-15(6-8-16)12-29-14-27-21-19(22(29)33)11-28-31(21)10-9-26-20(32)13-30-23(34)17-3-1-2-4-18(17)24(30)35/h1-8,11,14H,9-10,12-13H2,(H,26,32). The molecule has 2 aromatic carbocycles. The summed E-state index contributed by atoms with van der Waals surface area (Å²) in [4.78, 5) is 55.4. The molecule has 0 radical (unpaired) electrons. The van der Waals surface area contributed by atoms with Crippen molar-refractivity contribution in [3.8, 4) is 0 Å². The molecule has 0 saturated heterocycles. The van der Waals surface area contributed by atoms with Gasteiger partial charge in [-0.25, -0.2) is 9.67 Å².